The number of fused-ring (bicyclic) bond motifs is 12. The summed E-state index contributed by atoms with van der Waals surface area (Å²) in [5, 5.41) is 10.00. The van der Waals surface area contributed by atoms with Crippen LogP contribution in [0.1, 0.15) is 33.4 Å². The van der Waals surface area contributed by atoms with E-state index in [1.54, 1.807) is 0 Å². The fourth-order valence-electron chi connectivity index (χ4n) is 12.6. The summed E-state index contributed by atoms with van der Waals surface area (Å²) in [6.45, 7) is 13.3. The van der Waals surface area contributed by atoms with Crippen LogP contribution in [0, 0.1) is 41.5 Å². The Hall–Kier alpha value is -8.60. The maximum absolute atomic E-state index is 2.47. The summed E-state index contributed by atoms with van der Waals surface area (Å²) in [4.78, 5) is 0. The number of aryl methyl sites for hydroxylation is 6. The molecule has 0 aliphatic carbocycles. The molecular formula is C66H50N4. The van der Waals surface area contributed by atoms with Gasteiger partial charge in [0.2, 0.25) is 0 Å². The molecule has 0 radical (unpaired) electrons. The lowest BCUT2D eigenvalue weighted by Gasteiger charge is -2.16. The van der Waals surface area contributed by atoms with Gasteiger partial charge >= 0.3 is 0 Å². The van der Waals surface area contributed by atoms with E-state index in [9.17, 15) is 0 Å². The van der Waals surface area contributed by atoms with Gasteiger partial charge in [0, 0.05) is 54.5 Å². The highest BCUT2D eigenvalue weighted by atomic mass is 15.0. The van der Waals surface area contributed by atoms with Crippen LogP contribution in [0.4, 0.5) is 0 Å². The average molecular weight is 899 g/mol. The molecule has 0 N–H and O–H groups in total. The minimum absolute atomic E-state index is 1.16. The van der Waals surface area contributed by atoms with Crippen molar-refractivity contribution in [3.05, 3.63) is 228 Å². The predicted molar refractivity (Wildman–Crippen MR) is 298 cm³/mol. The lowest BCUT2D eigenvalue weighted by Crippen LogP contribution is -2.01. The molecule has 0 amide bonds. The number of nitrogens with zero attached hydrogens (tertiary/aromatic N) is 4. The van der Waals surface area contributed by atoms with E-state index >= 15 is 0 Å². The highest BCUT2D eigenvalue weighted by Crippen LogP contribution is 2.42. The minimum Gasteiger partial charge on any atom is -0.309 e. The monoisotopic (exact) mass is 898 g/mol. The fraction of sp³-hybridized carbons (Fsp3) is 0.0909. The first kappa shape index (κ1) is 40.5. The largest absolute Gasteiger partial charge is 0.309 e. The van der Waals surface area contributed by atoms with Crippen molar-refractivity contribution < 1.29 is 0 Å². The molecule has 14 rings (SSSR count). The molecule has 4 heterocycles. The molecule has 4 nitrogen and oxygen atoms in total. The average Bonchev–Trinajstić information content (AvgIpc) is 4.08. The molecule has 0 saturated heterocycles. The normalized spacial score (nSPS) is 12.1. The molecule has 0 saturated carbocycles. The highest BCUT2D eigenvalue weighted by Gasteiger charge is 2.21. The van der Waals surface area contributed by atoms with Gasteiger partial charge in [0.15, 0.2) is 0 Å². The Balaban J connectivity index is 0.909. The Kier molecular flexibility index (Phi) is 8.64. The maximum atomic E-state index is 2.47. The van der Waals surface area contributed by atoms with Crippen LogP contribution >= 0.6 is 0 Å². The third kappa shape index (κ3) is 5.77. The summed E-state index contributed by atoms with van der Waals surface area (Å²) in [7, 11) is 0. The summed E-state index contributed by atoms with van der Waals surface area (Å²) >= 11 is 0. The summed E-state index contributed by atoms with van der Waals surface area (Å²) in [6, 6.07) is 72.8. The second-order valence-electron chi connectivity index (χ2n) is 19.8. The zero-order valence-electron chi connectivity index (χ0n) is 40.3. The third-order valence-electron chi connectivity index (χ3n) is 15.2. The zero-order valence-corrected chi connectivity index (χ0v) is 40.3. The molecule has 70 heavy (non-hydrogen) atoms. The van der Waals surface area contributed by atoms with Gasteiger partial charge in [-0.05, 0) is 160 Å². The SMILES string of the molecule is Cc1cc(C)c(-n2c3ccccc3c3cc(-n4c5ccccc5c5cc(-c6ccc7c(c6)c6ccccc6n7-c6ccc7c(c6)c6ccccc6n7-c6c(C)cc(C)cc6C)ccc54)ccc32)c(C)c1. The van der Waals surface area contributed by atoms with E-state index < -0.39 is 0 Å². The Bertz CT molecular complexity index is 4210. The number of hydrogen-bond donors (Lipinski definition) is 0. The van der Waals surface area contributed by atoms with E-state index in [1.807, 2.05) is 0 Å². The molecule has 0 spiro atoms. The molecule has 0 atom stereocenters. The van der Waals surface area contributed by atoms with E-state index in [0.29, 0.717) is 0 Å². The molecule has 10 aromatic carbocycles. The molecule has 0 aliphatic heterocycles. The highest BCUT2D eigenvalue weighted by molar-refractivity contribution is 6.15. The summed E-state index contributed by atoms with van der Waals surface area (Å²) in [5.74, 6) is 0. The Morgan fingerprint density at radius 1 is 0.229 bits per heavy atom. The van der Waals surface area contributed by atoms with Crippen LogP contribution in [0.15, 0.2) is 194 Å². The van der Waals surface area contributed by atoms with E-state index in [0.717, 1.165) is 11.4 Å². The van der Waals surface area contributed by atoms with Crippen LogP contribution in [-0.2, 0) is 0 Å². The number of benzene rings is 10. The van der Waals surface area contributed by atoms with Crippen molar-refractivity contribution in [1.29, 1.82) is 0 Å². The van der Waals surface area contributed by atoms with Crippen molar-refractivity contribution in [2.45, 2.75) is 41.5 Å². The molecule has 0 unspecified atom stereocenters. The van der Waals surface area contributed by atoms with Crippen molar-refractivity contribution in [2.24, 2.45) is 0 Å². The van der Waals surface area contributed by atoms with Gasteiger partial charge in [-0.2, -0.15) is 0 Å². The maximum Gasteiger partial charge on any atom is 0.0542 e. The van der Waals surface area contributed by atoms with Crippen LogP contribution in [-0.4, -0.2) is 18.3 Å². The molecule has 14 aromatic rings. The van der Waals surface area contributed by atoms with E-state index in [2.05, 4.69) is 254 Å². The van der Waals surface area contributed by atoms with Crippen molar-refractivity contribution in [2.75, 3.05) is 0 Å². The van der Waals surface area contributed by atoms with E-state index in [-0.39, 0.29) is 0 Å². The van der Waals surface area contributed by atoms with Crippen LogP contribution < -0.4 is 0 Å². The van der Waals surface area contributed by atoms with Crippen LogP contribution in [0.25, 0.3) is 121 Å². The van der Waals surface area contributed by atoms with Gasteiger partial charge in [-0.25, -0.2) is 0 Å². The number of para-hydroxylation sites is 4. The predicted octanol–water partition coefficient (Wildman–Crippen LogP) is 17.6. The van der Waals surface area contributed by atoms with Crippen LogP contribution in [0.2, 0.25) is 0 Å². The van der Waals surface area contributed by atoms with Gasteiger partial charge in [-0.15, -0.1) is 0 Å². The number of aromatic nitrogens is 4. The number of rotatable bonds is 5. The van der Waals surface area contributed by atoms with Gasteiger partial charge in [-0.3, -0.25) is 0 Å². The molecule has 0 fully saturated rings. The topological polar surface area (TPSA) is 19.7 Å². The van der Waals surface area contributed by atoms with Gasteiger partial charge in [0.05, 0.1) is 55.5 Å². The van der Waals surface area contributed by atoms with Crippen molar-refractivity contribution in [3.63, 3.8) is 0 Å². The number of hydrogen-bond acceptors (Lipinski definition) is 0. The second kappa shape index (κ2) is 14.9. The van der Waals surface area contributed by atoms with Crippen molar-refractivity contribution in [1.82, 2.24) is 18.3 Å². The molecule has 334 valence electrons. The molecule has 0 aliphatic rings. The van der Waals surface area contributed by atoms with Crippen molar-refractivity contribution in [3.8, 4) is 33.9 Å². The fourth-order valence-corrected chi connectivity index (χ4v) is 12.6. The standard InChI is InChI=1S/C66H50N4/c1-39-31-41(3)65(42(4)32-39)69-59-21-13-9-17-51(59)55-37-47(25-29-63(55)69)67-57-19-11-7-15-49(57)53-35-45(23-27-61(53)67)46-24-28-62-54(36-46)50-16-8-12-20-58(50)68(62)48-26-30-64-56(38-48)52-18-10-14-22-60(52)70(64)66-43(5)33-40(2)34-44(66)6/h7-38H,1-6H3. The lowest BCUT2D eigenvalue weighted by molar-refractivity contribution is 1.11. The molecule has 4 heteroatoms. The summed E-state index contributed by atoms with van der Waals surface area (Å²) < 4.78 is 9.85. The first-order valence-electron chi connectivity index (χ1n) is 24.5. The van der Waals surface area contributed by atoms with E-state index in [4.69, 9.17) is 0 Å². The third-order valence-corrected chi connectivity index (χ3v) is 15.2. The Labute approximate surface area is 406 Å². The first-order chi connectivity index (χ1) is 34.2. The van der Waals surface area contributed by atoms with Gasteiger partial charge < -0.3 is 18.3 Å². The Morgan fingerprint density at radius 3 is 0.857 bits per heavy atom. The van der Waals surface area contributed by atoms with Crippen molar-refractivity contribution >= 4 is 87.2 Å². The smallest absolute Gasteiger partial charge is 0.0542 e. The quantitative estimate of drug-likeness (QED) is 0.164. The summed E-state index contributed by atoms with van der Waals surface area (Å²) in [6.07, 6.45) is 0. The Morgan fingerprint density at radius 2 is 0.500 bits per heavy atom. The van der Waals surface area contributed by atoms with Gasteiger partial charge in [-0.1, -0.05) is 120 Å². The van der Waals surface area contributed by atoms with Gasteiger partial charge in [0.1, 0.15) is 0 Å². The van der Waals surface area contributed by atoms with E-state index in [1.165, 1.54) is 143 Å². The van der Waals surface area contributed by atoms with Crippen LogP contribution in [0.5, 0.6) is 0 Å². The van der Waals surface area contributed by atoms with Crippen LogP contribution in [0.3, 0.4) is 0 Å². The summed E-state index contributed by atoms with van der Waals surface area (Å²) in [5.41, 5.74) is 24.7. The lowest BCUT2D eigenvalue weighted by atomic mass is 10.0. The zero-order chi connectivity index (χ0) is 47.1. The molecular weight excluding hydrogens is 849 g/mol. The van der Waals surface area contributed by atoms with Gasteiger partial charge in [0.25, 0.3) is 0 Å². The minimum atomic E-state index is 1.16. The first-order valence-corrected chi connectivity index (χ1v) is 24.5. The second-order valence-corrected chi connectivity index (χ2v) is 19.8. The molecule has 0 bridgehead atoms. The molecule has 4 aromatic heterocycles.